The van der Waals surface area contributed by atoms with Gasteiger partial charge in [-0.3, -0.25) is 4.79 Å². The lowest BCUT2D eigenvalue weighted by Crippen LogP contribution is -2.21. The minimum Gasteiger partial charge on any atom is -0.462 e. The number of aliphatic hydroxyl groups excluding tert-OH is 1. The first-order valence-electron chi connectivity index (χ1n) is 7.44. The van der Waals surface area contributed by atoms with E-state index in [2.05, 4.69) is 20.8 Å². The predicted octanol–water partition coefficient (Wildman–Crippen LogP) is 1.90. The van der Waals surface area contributed by atoms with Gasteiger partial charge < -0.3 is 20.5 Å². The van der Waals surface area contributed by atoms with Gasteiger partial charge in [-0.25, -0.2) is 4.79 Å². The van der Waals surface area contributed by atoms with Gasteiger partial charge in [0, 0.05) is 24.4 Å². The van der Waals surface area contributed by atoms with Crippen LogP contribution in [0.1, 0.15) is 33.3 Å². The van der Waals surface area contributed by atoms with Crippen LogP contribution in [0.15, 0.2) is 24.3 Å². The molecule has 1 aromatic carbocycles. The van der Waals surface area contributed by atoms with Crippen molar-refractivity contribution in [2.75, 3.05) is 19.0 Å². The number of amides is 1. The van der Waals surface area contributed by atoms with E-state index in [1.54, 1.807) is 25.1 Å². The van der Waals surface area contributed by atoms with Gasteiger partial charge in [-0.15, -0.1) is 10.2 Å². The van der Waals surface area contributed by atoms with Crippen molar-refractivity contribution in [2.45, 2.75) is 13.5 Å². The van der Waals surface area contributed by atoms with E-state index in [-0.39, 0.29) is 28.7 Å². The molecule has 0 bridgehead atoms. The second kappa shape index (κ2) is 8.41. The smallest absolute Gasteiger partial charge is 0.338 e. The number of carbonyl (C=O) groups excluding carboxylic acids is 2. The van der Waals surface area contributed by atoms with Crippen LogP contribution in [0.3, 0.4) is 0 Å². The van der Waals surface area contributed by atoms with Gasteiger partial charge in [0.05, 0.1) is 24.5 Å². The summed E-state index contributed by atoms with van der Waals surface area (Å²) in [6.45, 7) is 1.50. The molecular formula is C16H17ClN4O4. The minimum atomic E-state index is -0.549. The SMILES string of the molecule is CCOC(=O)c1cccc(Nc2cc(Cl)nnc2C(=O)NC)c1CO. The van der Waals surface area contributed by atoms with Crippen molar-refractivity contribution in [1.29, 1.82) is 0 Å². The third kappa shape index (κ3) is 4.23. The summed E-state index contributed by atoms with van der Waals surface area (Å²) < 4.78 is 4.99. The van der Waals surface area contributed by atoms with Crippen LogP contribution in [0, 0.1) is 0 Å². The monoisotopic (exact) mass is 364 g/mol. The molecule has 2 aromatic rings. The van der Waals surface area contributed by atoms with Crippen LogP contribution < -0.4 is 10.6 Å². The maximum absolute atomic E-state index is 12.0. The quantitative estimate of drug-likeness (QED) is 0.671. The summed E-state index contributed by atoms with van der Waals surface area (Å²) in [6, 6.07) is 6.25. The molecule has 0 unspecified atom stereocenters. The number of hydrogen-bond donors (Lipinski definition) is 3. The Labute approximate surface area is 149 Å². The van der Waals surface area contributed by atoms with Crippen LogP contribution in [0.25, 0.3) is 0 Å². The number of ether oxygens (including phenoxy) is 1. The van der Waals surface area contributed by atoms with Crippen molar-refractivity contribution in [3.63, 3.8) is 0 Å². The summed E-state index contributed by atoms with van der Waals surface area (Å²) in [4.78, 5) is 24.0. The molecule has 3 N–H and O–H groups in total. The number of anilines is 2. The molecule has 8 nitrogen and oxygen atoms in total. The van der Waals surface area contributed by atoms with Crippen molar-refractivity contribution in [2.24, 2.45) is 0 Å². The van der Waals surface area contributed by atoms with E-state index in [4.69, 9.17) is 16.3 Å². The highest BCUT2D eigenvalue weighted by Gasteiger charge is 2.18. The van der Waals surface area contributed by atoms with E-state index in [1.807, 2.05) is 0 Å². The fourth-order valence-corrected chi connectivity index (χ4v) is 2.32. The number of aliphatic hydroxyl groups is 1. The summed E-state index contributed by atoms with van der Waals surface area (Å²) in [5, 5.41) is 22.6. The molecule has 2 rings (SSSR count). The molecule has 132 valence electrons. The number of nitrogens with zero attached hydrogens (tertiary/aromatic N) is 2. The van der Waals surface area contributed by atoms with Gasteiger partial charge in [-0.2, -0.15) is 0 Å². The van der Waals surface area contributed by atoms with Gasteiger partial charge in [0.15, 0.2) is 10.8 Å². The summed E-state index contributed by atoms with van der Waals surface area (Å²) in [7, 11) is 1.46. The Balaban J connectivity index is 2.47. The van der Waals surface area contributed by atoms with E-state index in [1.165, 1.54) is 13.1 Å². The van der Waals surface area contributed by atoms with Gasteiger partial charge >= 0.3 is 5.97 Å². The molecule has 0 radical (unpaired) electrons. The van der Waals surface area contributed by atoms with E-state index >= 15 is 0 Å². The summed E-state index contributed by atoms with van der Waals surface area (Å²) in [6.07, 6.45) is 0. The third-order valence-electron chi connectivity index (χ3n) is 3.31. The molecule has 25 heavy (non-hydrogen) atoms. The Hall–Kier alpha value is -2.71. The maximum Gasteiger partial charge on any atom is 0.338 e. The van der Waals surface area contributed by atoms with Crippen LogP contribution >= 0.6 is 11.6 Å². The average Bonchev–Trinajstić information content (AvgIpc) is 2.61. The Morgan fingerprint density at radius 2 is 2.04 bits per heavy atom. The number of aromatic nitrogens is 2. The topological polar surface area (TPSA) is 113 Å². The average molecular weight is 365 g/mol. The van der Waals surface area contributed by atoms with E-state index < -0.39 is 18.5 Å². The highest BCUT2D eigenvalue weighted by atomic mass is 35.5. The lowest BCUT2D eigenvalue weighted by atomic mass is 10.1. The molecule has 0 atom stereocenters. The first kappa shape index (κ1) is 18.6. The van der Waals surface area contributed by atoms with Crippen LogP contribution in [-0.2, 0) is 11.3 Å². The van der Waals surface area contributed by atoms with Crippen molar-refractivity contribution in [3.05, 3.63) is 46.2 Å². The van der Waals surface area contributed by atoms with Crippen molar-refractivity contribution in [3.8, 4) is 0 Å². The molecule has 0 saturated heterocycles. The standard InChI is InChI=1S/C16H17ClN4O4/c1-3-25-16(24)9-5-4-6-11(10(9)8-22)19-12-7-13(17)20-21-14(12)15(23)18-2/h4-7,22H,3,8H2,1-2H3,(H,18,23)(H,19,20). The number of carbonyl (C=O) groups is 2. The van der Waals surface area contributed by atoms with Gasteiger partial charge in [-0.1, -0.05) is 17.7 Å². The van der Waals surface area contributed by atoms with Crippen LogP contribution in [-0.4, -0.2) is 40.8 Å². The Morgan fingerprint density at radius 3 is 2.68 bits per heavy atom. The molecule has 0 aliphatic heterocycles. The fourth-order valence-electron chi connectivity index (χ4n) is 2.17. The normalized spacial score (nSPS) is 10.2. The predicted molar refractivity (Wildman–Crippen MR) is 92.0 cm³/mol. The first-order chi connectivity index (χ1) is 12.0. The van der Waals surface area contributed by atoms with Gasteiger partial charge in [0.25, 0.3) is 5.91 Å². The van der Waals surface area contributed by atoms with Crippen LogP contribution in [0.4, 0.5) is 11.4 Å². The van der Waals surface area contributed by atoms with Gasteiger partial charge in [-0.05, 0) is 19.1 Å². The minimum absolute atomic E-state index is 0.0253. The number of hydrogen-bond acceptors (Lipinski definition) is 7. The van der Waals surface area contributed by atoms with Crippen molar-refractivity contribution < 1.29 is 19.4 Å². The molecule has 0 aliphatic rings. The van der Waals surface area contributed by atoms with E-state index in [9.17, 15) is 14.7 Å². The van der Waals surface area contributed by atoms with Gasteiger partial charge in [0.1, 0.15) is 0 Å². The van der Waals surface area contributed by atoms with Crippen molar-refractivity contribution >= 4 is 34.9 Å². The summed E-state index contributed by atoms with van der Waals surface area (Å²) in [5.74, 6) is -1.01. The number of esters is 1. The molecule has 1 aromatic heterocycles. The molecule has 0 saturated carbocycles. The maximum atomic E-state index is 12.0. The number of rotatable bonds is 6. The number of benzene rings is 1. The Morgan fingerprint density at radius 1 is 1.28 bits per heavy atom. The number of nitrogens with one attached hydrogen (secondary N) is 2. The largest absolute Gasteiger partial charge is 0.462 e. The van der Waals surface area contributed by atoms with E-state index in [0.29, 0.717) is 11.3 Å². The third-order valence-corrected chi connectivity index (χ3v) is 3.49. The summed E-state index contributed by atoms with van der Waals surface area (Å²) >= 11 is 5.86. The van der Waals surface area contributed by atoms with Crippen LogP contribution in [0.5, 0.6) is 0 Å². The van der Waals surface area contributed by atoms with E-state index in [0.717, 1.165) is 0 Å². The highest BCUT2D eigenvalue weighted by molar-refractivity contribution is 6.29. The molecule has 0 fully saturated rings. The highest BCUT2D eigenvalue weighted by Crippen LogP contribution is 2.27. The number of halogens is 1. The second-order valence-electron chi connectivity index (χ2n) is 4.84. The lowest BCUT2D eigenvalue weighted by molar-refractivity contribution is 0.0522. The Bertz CT molecular complexity index is 798. The molecule has 0 spiro atoms. The molecular weight excluding hydrogens is 348 g/mol. The molecule has 9 heteroatoms. The summed E-state index contributed by atoms with van der Waals surface area (Å²) in [5.41, 5.74) is 1.29. The Kier molecular flexibility index (Phi) is 6.26. The zero-order chi connectivity index (χ0) is 18.4. The lowest BCUT2D eigenvalue weighted by Gasteiger charge is -2.15. The first-order valence-corrected chi connectivity index (χ1v) is 7.81. The van der Waals surface area contributed by atoms with Crippen LogP contribution in [0.2, 0.25) is 5.15 Å². The molecule has 0 aliphatic carbocycles. The van der Waals surface area contributed by atoms with Gasteiger partial charge in [0.2, 0.25) is 0 Å². The zero-order valence-electron chi connectivity index (χ0n) is 13.7. The molecule has 1 heterocycles. The second-order valence-corrected chi connectivity index (χ2v) is 5.23. The zero-order valence-corrected chi connectivity index (χ0v) is 14.4. The molecule has 1 amide bonds. The van der Waals surface area contributed by atoms with Crippen molar-refractivity contribution in [1.82, 2.24) is 15.5 Å². The fraction of sp³-hybridized carbons (Fsp3) is 0.250.